The fraction of sp³-hybridized carbons (Fsp3) is 0.125. The molecule has 0 aliphatic carbocycles. The van der Waals surface area contributed by atoms with Crippen LogP contribution in [-0.2, 0) is 9.59 Å². The van der Waals surface area contributed by atoms with Crippen molar-refractivity contribution in [2.75, 3.05) is 23.3 Å². The minimum Gasteiger partial charge on any atom is -0.423 e. The molecular weight excluding hydrogens is 384 g/mol. The van der Waals surface area contributed by atoms with Crippen LogP contribution in [0.5, 0.6) is 5.75 Å². The molecule has 1 aliphatic rings. The Hall–Kier alpha value is -2.05. The molecule has 0 saturated heterocycles. The van der Waals surface area contributed by atoms with E-state index in [0.29, 0.717) is 22.1 Å². The van der Waals surface area contributed by atoms with E-state index in [1.165, 1.54) is 0 Å². The summed E-state index contributed by atoms with van der Waals surface area (Å²) in [7, 11) is 0. The van der Waals surface area contributed by atoms with Gasteiger partial charge in [-0.05, 0) is 46.3 Å². The molecule has 1 aliphatic heterocycles. The Kier molecular flexibility index (Phi) is 4.54. The summed E-state index contributed by atoms with van der Waals surface area (Å²) in [4.78, 5) is 25.6. The van der Waals surface area contributed by atoms with Gasteiger partial charge in [-0.1, -0.05) is 23.7 Å². The lowest BCUT2D eigenvalue weighted by atomic mass is 10.2. The molecular formula is C16H12BrClN2O3. The van der Waals surface area contributed by atoms with Crippen LogP contribution in [0.1, 0.15) is 0 Å². The van der Waals surface area contributed by atoms with Crippen LogP contribution in [0.2, 0.25) is 5.02 Å². The second kappa shape index (κ2) is 6.60. The number of carbonyl (C=O) groups is 2. The fourth-order valence-corrected chi connectivity index (χ4v) is 2.84. The molecule has 23 heavy (non-hydrogen) atoms. The third-order valence-electron chi connectivity index (χ3n) is 3.29. The maximum atomic E-state index is 12.3. The van der Waals surface area contributed by atoms with E-state index < -0.39 is 5.97 Å². The van der Waals surface area contributed by atoms with Gasteiger partial charge in [-0.25, -0.2) is 4.79 Å². The maximum absolute atomic E-state index is 12.3. The highest BCUT2D eigenvalue weighted by atomic mass is 79.9. The van der Waals surface area contributed by atoms with Gasteiger partial charge in [0.15, 0.2) is 5.75 Å². The smallest absolute Gasteiger partial charge is 0.331 e. The number of hydrogen-bond acceptors (Lipinski definition) is 4. The van der Waals surface area contributed by atoms with Crippen molar-refractivity contribution in [2.24, 2.45) is 0 Å². The first-order valence-corrected chi connectivity index (χ1v) is 7.99. The molecule has 0 unspecified atom stereocenters. The number of fused-ring (bicyclic) bond motifs is 1. The van der Waals surface area contributed by atoms with Gasteiger partial charge in [0.05, 0.1) is 17.9 Å². The Labute approximate surface area is 146 Å². The Balaban J connectivity index is 1.78. The van der Waals surface area contributed by atoms with Crippen molar-refractivity contribution in [3.05, 3.63) is 52.0 Å². The zero-order valence-corrected chi connectivity index (χ0v) is 14.2. The number of carbonyl (C=O) groups excluding carboxylic acids is 2. The highest BCUT2D eigenvalue weighted by molar-refractivity contribution is 9.10. The molecule has 118 valence electrons. The Morgan fingerprint density at radius 2 is 2.09 bits per heavy atom. The number of benzene rings is 2. The van der Waals surface area contributed by atoms with Gasteiger partial charge >= 0.3 is 5.97 Å². The number of para-hydroxylation sites is 1. The van der Waals surface area contributed by atoms with Crippen LogP contribution in [0.25, 0.3) is 0 Å². The van der Waals surface area contributed by atoms with Crippen molar-refractivity contribution in [1.82, 2.24) is 0 Å². The van der Waals surface area contributed by atoms with E-state index >= 15 is 0 Å². The molecule has 0 atom stereocenters. The predicted molar refractivity (Wildman–Crippen MR) is 92.1 cm³/mol. The van der Waals surface area contributed by atoms with Crippen LogP contribution in [0.3, 0.4) is 0 Å². The first-order valence-electron chi connectivity index (χ1n) is 6.82. The summed E-state index contributed by atoms with van der Waals surface area (Å²) in [5.74, 6) is -0.245. The Morgan fingerprint density at radius 3 is 2.87 bits per heavy atom. The highest BCUT2D eigenvalue weighted by Crippen LogP contribution is 2.34. The van der Waals surface area contributed by atoms with E-state index in [0.717, 1.165) is 4.47 Å². The number of nitrogens with one attached hydrogen (secondary N) is 1. The minimum atomic E-state index is -0.409. The number of halogens is 2. The molecule has 0 fully saturated rings. The minimum absolute atomic E-state index is 0.00325. The van der Waals surface area contributed by atoms with Gasteiger partial charge in [-0.15, -0.1) is 0 Å². The quantitative estimate of drug-likeness (QED) is 0.639. The normalized spacial score (nSPS) is 13.3. The van der Waals surface area contributed by atoms with E-state index in [2.05, 4.69) is 21.2 Å². The number of nitrogens with zero attached hydrogens (tertiary/aromatic N) is 1. The molecule has 1 amide bonds. The van der Waals surface area contributed by atoms with Crippen LogP contribution >= 0.6 is 27.5 Å². The Bertz CT molecular complexity index is 782. The third-order valence-corrected chi connectivity index (χ3v) is 4.21. The molecule has 0 spiro atoms. The average molecular weight is 396 g/mol. The predicted octanol–water partition coefficient (Wildman–Crippen LogP) is 3.47. The van der Waals surface area contributed by atoms with Crippen molar-refractivity contribution in [2.45, 2.75) is 0 Å². The molecule has 0 aromatic heterocycles. The summed E-state index contributed by atoms with van der Waals surface area (Å²) in [6.07, 6.45) is 0. The first kappa shape index (κ1) is 15.8. The lowest BCUT2D eigenvalue weighted by molar-refractivity contribution is -0.133. The van der Waals surface area contributed by atoms with Gasteiger partial charge < -0.3 is 15.0 Å². The molecule has 0 bridgehead atoms. The zero-order chi connectivity index (χ0) is 16.4. The molecule has 5 nitrogen and oxygen atoms in total. The van der Waals surface area contributed by atoms with Gasteiger partial charge in [0.25, 0.3) is 0 Å². The topological polar surface area (TPSA) is 58.6 Å². The summed E-state index contributed by atoms with van der Waals surface area (Å²) in [6, 6.07) is 12.2. The SMILES string of the molecule is O=C(CN1CC(=O)Oc2ccc(Cl)cc21)Nc1ccccc1Br. The number of rotatable bonds is 3. The van der Waals surface area contributed by atoms with E-state index in [4.69, 9.17) is 16.3 Å². The van der Waals surface area contributed by atoms with Crippen LogP contribution in [-0.4, -0.2) is 25.0 Å². The monoisotopic (exact) mass is 394 g/mol. The molecule has 1 N–H and O–H groups in total. The van der Waals surface area contributed by atoms with Crippen molar-refractivity contribution in [3.8, 4) is 5.75 Å². The van der Waals surface area contributed by atoms with E-state index in [-0.39, 0.29) is 19.0 Å². The highest BCUT2D eigenvalue weighted by Gasteiger charge is 2.26. The summed E-state index contributed by atoms with van der Waals surface area (Å²) < 4.78 is 5.94. The van der Waals surface area contributed by atoms with Crippen LogP contribution in [0.15, 0.2) is 46.9 Å². The summed E-state index contributed by atoms with van der Waals surface area (Å²) in [5.41, 5.74) is 1.29. The van der Waals surface area contributed by atoms with Crippen molar-refractivity contribution in [3.63, 3.8) is 0 Å². The van der Waals surface area contributed by atoms with E-state index in [9.17, 15) is 9.59 Å². The Morgan fingerprint density at radius 1 is 1.30 bits per heavy atom. The standard InChI is InChI=1S/C16H12BrClN2O3/c17-11-3-1-2-4-12(11)19-15(21)8-20-9-16(22)23-14-6-5-10(18)7-13(14)20/h1-7H,8-9H2,(H,19,21). The number of hydrogen-bond donors (Lipinski definition) is 1. The van der Waals surface area contributed by atoms with Crippen LogP contribution in [0.4, 0.5) is 11.4 Å². The lowest BCUT2D eigenvalue weighted by Crippen LogP contribution is -2.41. The average Bonchev–Trinajstić information content (AvgIpc) is 2.50. The van der Waals surface area contributed by atoms with Gasteiger partial charge in [-0.3, -0.25) is 4.79 Å². The molecule has 7 heteroatoms. The molecule has 3 rings (SSSR count). The van der Waals surface area contributed by atoms with Gasteiger partial charge in [0, 0.05) is 9.50 Å². The van der Waals surface area contributed by atoms with Gasteiger partial charge in [0.2, 0.25) is 5.91 Å². The summed E-state index contributed by atoms with van der Waals surface area (Å²) >= 11 is 9.37. The van der Waals surface area contributed by atoms with Gasteiger partial charge in [0.1, 0.15) is 6.54 Å². The molecule has 2 aromatic rings. The summed E-state index contributed by atoms with van der Waals surface area (Å²) in [5, 5.41) is 3.32. The summed E-state index contributed by atoms with van der Waals surface area (Å²) in [6.45, 7) is 0.0144. The van der Waals surface area contributed by atoms with Gasteiger partial charge in [-0.2, -0.15) is 0 Å². The molecule has 1 heterocycles. The van der Waals surface area contributed by atoms with Crippen molar-refractivity contribution >= 4 is 50.8 Å². The third kappa shape index (κ3) is 3.65. The maximum Gasteiger partial charge on any atom is 0.331 e. The lowest BCUT2D eigenvalue weighted by Gasteiger charge is -2.29. The number of anilines is 2. The molecule has 0 radical (unpaired) electrons. The van der Waals surface area contributed by atoms with E-state index in [1.54, 1.807) is 29.2 Å². The largest absolute Gasteiger partial charge is 0.423 e. The number of ether oxygens (including phenoxy) is 1. The number of esters is 1. The molecule has 2 aromatic carbocycles. The van der Waals surface area contributed by atoms with Crippen LogP contribution < -0.4 is 15.0 Å². The zero-order valence-electron chi connectivity index (χ0n) is 11.9. The molecule has 0 saturated carbocycles. The number of amides is 1. The van der Waals surface area contributed by atoms with Crippen molar-refractivity contribution in [1.29, 1.82) is 0 Å². The first-order chi connectivity index (χ1) is 11.0. The second-order valence-corrected chi connectivity index (χ2v) is 6.26. The van der Waals surface area contributed by atoms with Crippen LogP contribution in [0, 0.1) is 0 Å². The van der Waals surface area contributed by atoms with E-state index in [1.807, 2.05) is 18.2 Å². The fourth-order valence-electron chi connectivity index (χ4n) is 2.29. The van der Waals surface area contributed by atoms with Crippen molar-refractivity contribution < 1.29 is 14.3 Å². The second-order valence-electron chi connectivity index (χ2n) is 4.97.